The number of H-pyrrole nitrogens is 1. The number of ether oxygens (including phenoxy) is 1. The average molecular weight is 313 g/mol. The molecule has 2 fully saturated rings. The number of nitrogens with zero attached hydrogens (tertiary/aromatic N) is 2. The van der Waals surface area contributed by atoms with E-state index in [1.807, 2.05) is 6.92 Å². The van der Waals surface area contributed by atoms with E-state index in [1.165, 1.54) is 0 Å². The van der Waals surface area contributed by atoms with Gasteiger partial charge in [-0.15, -0.1) is 0 Å². The Bertz CT molecular complexity index is 523. The zero-order valence-electron chi connectivity index (χ0n) is 12.2. The predicted molar refractivity (Wildman–Crippen MR) is 79.2 cm³/mol. The summed E-state index contributed by atoms with van der Waals surface area (Å²) in [6.07, 6.45) is 2.23. The molecule has 1 aromatic heterocycles. The molecule has 2 aliphatic rings. The van der Waals surface area contributed by atoms with Gasteiger partial charge in [0.1, 0.15) is 0 Å². The second-order valence-corrected chi connectivity index (χ2v) is 6.32. The van der Waals surface area contributed by atoms with Crippen molar-refractivity contribution < 1.29 is 9.53 Å². The van der Waals surface area contributed by atoms with Crippen LogP contribution in [0.3, 0.4) is 0 Å². The first-order valence-electron chi connectivity index (χ1n) is 7.40. The number of carbonyl (C=O) groups is 1. The number of carbonyl (C=O) groups excluding carboxylic acids is 1. The minimum atomic E-state index is -0.275. The maximum atomic E-state index is 11.7. The maximum absolute atomic E-state index is 11.7. The zero-order valence-corrected chi connectivity index (χ0v) is 13.0. The molecule has 0 aliphatic carbocycles. The van der Waals surface area contributed by atoms with Gasteiger partial charge in [-0.05, 0) is 19.8 Å². The summed E-state index contributed by atoms with van der Waals surface area (Å²) in [5.41, 5.74) is 1.52. The van der Waals surface area contributed by atoms with E-state index in [0.717, 1.165) is 48.9 Å². The molecule has 2 aliphatic heterocycles. The van der Waals surface area contributed by atoms with Gasteiger partial charge >= 0.3 is 0 Å². The summed E-state index contributed by atoms with van der Waals surface area (Å²) in [6.45, 7) is 5.68. The normalized spacial score (nSPS) is 23.0. The van der Waals surface area contributed by atoms with Crippen molar-refractivity contribution in [2.45, 2.75) is 38.3 Å². The molecule has 0 atom stereocenters. The van der Waals surface area contributed by atoms with Gasteiger partial charge in [-0.3, -0.25) is 14.8 Å². The first kappa shape index (κ1) is 14.8. The zero-order chi connectivity index (χ0) is 14.9. The van der Waals surface area contributed by atoms with Crippen LogP contribution in [0.25, 0.3) is 0 Å². The quantitative estimate of drug-likeness (QED) is 0.862. The Morgan fingerprint density at radius 1 is 1.43 bits per heavy atom. The Morgan fingerprint density at radius 2 is 2.19 bits per heavy atom. The van der Waals surface area contributed by atoms with Crippen LogP contribution in [0.1, 0.15) is 30.7 Å². The lowest BCUT2D eigenvalue weighted by molar-refractivity contribution is -0.128. The predicted octanol–water partition coefficient (Wildman–Crippen LogP) is 1.24. The number of likely N-dealkylation sites (tertiary alicyclic amines) is 1. The molecule has 6 nitrogen and oxygen atoms in total. The summed E-state index contributed by atoms with van der Waals surface area (Å²) in [5, 5.41) is 10.7. The Hall–Kier alpha value is -1.11. The van der Waals surface area contributed by atoms with E-state index in [2.05, 4.69) is 20.4 Å². The molecule has 3 heterocycles. The number of hydrogen-bond donors (Lipinski definition) is 2. The third-order valence-corrected chi connectivity index (χ3v) is 4.90. The van der Waals surface area contributed by atoms with Crippen LogP contribution in [-0.2, 0) is 16.1 Å². The molecular weight excluding hydrogens is 292 g/mol. The molecule has 3 rings (SSSR count). The lowest BCUT2D eigenvalue weighted by Gasteiger charge is -2.40. The molecule has 116 valence electrons. The summed E-state index contributed by atoms with van der Waals surface area (Å²) in [4.78, 5) is 14.1. The first-order valence-corrected chi connectivity index (χ1v) is 7.78. The highest BCUT2D eigenvalue weighted by molar-refractivity contribution is 6.31. The SMILES string of the molecule is Cc1[nH]nc(CN2CCC3(CC2)CC(=O)NCCO3)c1Cl. The van der Waals surface area contributed by atoms with Crippen molar-refractivity contribution in [1.29, 1.82) is 0 Å². The number of aryl methyl sites for hydroxylation is 1. The molecule has 21 heavy (non-hydrogen) atoms. The molecule has 0 aromatic carbocycles. The summed E-state index contributed by atoms with van der Waals surface area (Å²) in [5.74, 6) is 0.104. The van der Waals surface area contributed by atoms with Crippen molar-refractivity contribution >= 4 is 17.5 Å². The van der Waals surface area contributed by atoms with Crippen molar-refractivity contribution in [3.63, 3.8) is 0 Å². The highest BCUT2D eigenvalue weighted by Crippen LogP contribution is 2.32. The minimum absolute atomic E-state index is 0.104. The molecular formula is C14H21ClN4O2. The van der Waals surface area contributed by atoms with Crippen molar-refractivity contribution in [2.24, 2.45) is 0 Å². The van der Waals surface area contributed by atoms with Gasteiger partial charge in [-0.1, -0.05) is 11.6 Å². The van der Waals surface area contributed by atoms with Crippen LogP contribution in [0.2, 0.25) is 5.02 Å². The van der Waals surface area contributed by atoms with E-state index in [4.69, 9.17) is 16.3 Å². The van der Waals surface area contributed by atoms with Crippen molar-refractivity contribution in [1.82, 2.24) is 20.4 Å². The molecule has 0 radical (unpaired) electrons. The Morgan fingerprint density at radius 3 is 2.86 bits per heavy atom. The van der Waals surface area contributed by atoms with E-state index in [0.29, 0.717) is 19.6 Å². The van der Waals surface area contributed by atoms with E-state index in [1.54, 1.807) is 0 Å². The molecule has 0 unspecified atom stereocenters. The molecule has 0 saturated carbocycles. The van der Waals surface area contributed by atoms with Gasteiger partial charge < -0.3 is 10.1 Å². The fourth-order valence-corrected chi connectivity index (χ4v) is 3.23. The molecule has 1 amide bonds. The van der Waals surface area contributed by atoms with Crippen LogP contribution >= 0.6 is 11.6 Å². The Balaban J connectivity index is 1.59. The lowest BCUT2D eigenvalue weighted by atomic mass is 9.87. The summed E-state index contributed by atoms with van der Waals surface area (Å²) < 4.78 is 5.97. The van der Waals surface area contributed by atoms with Crippen LogP contribution in [0.5, 0.6) is 0 Å². The number of aromatic amines is 1. The summed E-state index contributed by atoms with van der Waals surface area (Å²) >= 11 is 6.21. The monoisotopic (exact) mass is 312 g/mol. The molecule has 1 aromatic rings. The van der Waals surface area contributed by atoms with E-state index >= 15 is 0 Å². The van der Waals surface area contributed by atoms with Crippen LogP contribution < -0.4 is 5.32 Å². The van der Waals surface area contributed by atoms with Crippen LogP contribution in [0, 0.1) is 6.92 Å². The standard InChI is InChI=1S/C14H21ClN4O2/c1-10-13(15)11(18-17-10)9-19-5-2-14(3-6-19)8-12(20)16-4-7-21-14/h2-9H2,1H3,(H,16,20)(H,17,18). The molecule has 2 saturated heterocycles. The fraction of sp³-hybridized carbons (Fsp3) is 0.714. The first-order chi connectivity index (χ1) is 10.1. The maximum Gasteiger partial charge on any atom is 0.222 e. The summed E-state index contributed by atoms with van der Waals surface area (Å²) in [7, 11) is 0. The molecule has 2 N–H and O–H groups in total. The van der Waals surface area contributed by atoms with Gasteiger partial charge in [0.05, 0.1) is 35.0 Å². The minimum Gasteiger partial charge on any atom is -0.373 e. The number of rotatable bonds is 2. The van der Waals surface area contributed by atoms with E-state index in [-0.39, 0.29) is 11.5 Å². The number of amides is 1. The highest BCUT2D eigenvalue weighted by Gasteiger charge is 2.38. The number of nitrogens with one attached hydrogen (secondary N) is 2. The highest BCUT2D eigenvalue weighted by atomic mass is 35.5. The van der Waals surface area contributed by atoms with E-state index < -0.39 is 0 Å². The van der Waals surface area contributed by atoms with E-state index in [9.17, 15) is 4.79 Å². The number of piperidine rings is 1. The third kappa shape index (κ3) is 3.22. The van der Waals surface area contributed by atoms with Gasteiger partial charge in [0.2, 0.25) is 5.91 Å². The van der Waals surface area contributed by atoms with Gasteiger partial charge in [0.15, 0.2) is 0 Å². The van der Waals surface area contributed by atoms with Gasteiger partial charge in [-0.25, -0.2) is 0 Å². The summed E-state index contributed by atoms with van der Waals surface area (Å²) in [6, 6.07) is 0. The number of halogens is 1. The molecule has 7 heteroatoms. The molecule has 0 bridgehead atoms. The van der Waals surface area contributed by atoms with Gasteiger partial charge in [0, 0.05) is 26.2 Å². The number of aromatic nitrogens is 2. The Kier molecular flexibility index (Phi) is 4.19. The third-order valence-electron chi connectivity index (χ3n) is 4.40. The van der Waals surface area contributed by atoms with Crippen LogP contribution in [0.4, 0.5) is 0 Å². The smallest absolute Gasteiger partial charge is 0.222 e. The van der Waals surface area contributed by atoms with Crippen LogP contribution in [0.15, 0.2) is 0 Å². The topological polar surface area (TPSA) is 70.2 Å². The van der Waals surface area contributed by atoms with Crippen LogP contribution in [-0.4, -0.2) is 52.8 Å². The molecule has 1 spiro atoms. The van der Waals surface area contributed by atoms with Crippen molar-refractivity contribution in [2.75, 3.05) is 26.2 Å². The van der Waals surface area contributed by atoms with Crippen molar-refractivity contribution in [3.05, 3.63) is 16.4 Å². The number of hydrogen-bond acceptors (Lipinski definition) is 4. The average Bonchev–Trinajstić information content (AvgIpc) is 2.68. The van der Waals surface area contributed by atoms with Gasteiger partial charge in [0.25, 0.3) is 0 Å². The lowest BCUT2D eigenvalue weighted by Crippen LogP contribution is -2.46. The second kappa shape index (κ2) is 5.94. The largest absolute Gasteiger partial charge is 0.373 e. The van der Waals surface area contributed by atoms with Gasteiger partial charge in [-0.2, -0.15) is 5.10 Å². The van der Waals surface area contributed by atoms with Crippen molar-refractivity contribution in [3.8, 4) is 0 Å². The second-order valence-electron chi connectivity index (χ2n) is 5.94. The Labute approximate surface area is 129 Å². The fourth-order valence-electron chi connectivity index (χ4n) is 3.09.